The van der Waals surface area contributed by atoms with Gasteiger partial charge >= 0.3 is 27.3 Å². The van der Waals surface area contributed by atoms with Gasteiger partial charge in [-0.1, -0.05) is 0 Å². The van der Waals surface area contributed by atoms with Gasteiger partial charge in [0.05, 0.1) is 24.0 Å². The summed E-state index contributed by atoms with van der Waals surface area (Å²) in [6.45, 7) is -2.09. The Kier molecular flexibility index (Phi) is 4.61. The Bertz CT molecular complexity index is 606. The molecule has 5 unspecified atom stereocenters. The summed E-state index contributed by atoms with van der Waals surface area (Å²) >= 11 is 0. The Morgan fingerprint density at radius 3 is 2.22 bits per heavy atom. The van der Waals surface area contributed by atoms with Crippen LogP contribution in [0.2, 0.25) is 0 Å². The Morgan fingerprint density at radius 1 is 1.26 bits per heavy atom. The minimum absolute atomic E-state index is 0.295. The van der Waals surface area contributed by atoms with Gasteiger partial charge in [-0.25, -0.2) is 4.39 Å². The molecule has 0 amide bonds. The number of alkyl halides is 3. The van der Waals surface area contributed by atoms with Crippen LogP contribution in [-0.4, -0.2) is 60.3 Å². The van der Waals surface area contributed by atoms with E-state index in [1.165, 1.54) is 0 Å². The summed E-state index contributed by atoms with van der Waals surface area (Å²) in [5, 5.41) is 4.03. The van der Waals surface area contributed by atoms with Crippen molar-refractivity contribution in [2.24, 2.45) is 11.8 Å². The molecule has 2 aliphatic rings. The lowest BCUT2D eigenvalue weighted by Crippen LogP contribution is -2.48. The van der Waals surface area contributed by atoms with Crippen molar-refractivity contribution in [2.75, 3.05) is 6.67 Å². The second-order valence-corrected chi connectivity index (χ2v) is 6.79. The summed E-state index contributed by atoms with van der Waals surface area (Å²) in [4.78, 5) is 23.1. The van der Waals surface area contributed by atoms with Crippen LogP contribution in [0.15, 0.2) is 0 Å². The number of hydrogen-bond donors (Lipinski definition) is 2. The molecule has 0 aliphatic carbocycles. The highest BCUT2D eigenvalue weighted by atomic mass is 32.2. The van der Waals surface area contributed by atoms with Gasteiger partial charge in [0.1, 0.15) is 6.67 Å². The molecule has 12 heteroatoms. The van der Waals surface area contributed by atoms with Crippen molar-refractivity contribution >= 4 is 22.1 Å². The normalized spacial score (nSPS) is 31.8. The number of fused-ring (bicyclic) bond motifs is 2. The maximum atomic E-state index is 13.4. The van der Waals surface area contributed by atoms with Crippen LogP contribution in [0.1, 0.15) is 12.8 Å². The first-order valence-corrected chi connectivity index (χ1v) is 7.94. The van der Waals surface area contributed by atoms with E-state index < -0.39 is 64.1 Å². The number of carboxylic acid groups (broad SMARTS) is 1. The van der Waals surface area contributed by atoms with E-state index in [1.54, 1.807) is 0 Å². The van der Waals surface area contributed by atoms with E-state index in [-0.39, 0.29) is 0 Å². The molecule has 23 heavy (non-hydrogen) atoms. The van der Waals surface area contributed by atoms with Crippen molar-refractivity contribution in [1.82, 2.24) is 0 Å². The quantitative estimate of drug-likeness (QED) is 0.508. The van der Waals surface area contributed by atoms with Gasteiger partial charge in [-0.15, -0.1) is 0 Å². The molecule has 0 saturated carbocycles. The molecule has 2 saturated heterocycles. The van der Waals surface area contributed by atoms with E-state index >= 15 is 0 Å². The molecule has 8 nitrogen and oxygen atoms in total. The largest absolute Gasteiger partial charge is 0.481 e. The summed E-state index contributed by atoms with van der Waals surface area (Å²) in [7, 11) is -6.02. The molecule has 2 heterocycles. The van der Waals surface area contributed by atoms with Crippen LogP contribution in [0.4, 0.5) is 13.2 Å². The molecule has 2 rings (SSSR count). The average Bonchev–Trinajstić information content (AvgIpc) is 3.03. The highest BCUT2D eigenvalue weighted by Gasteiger charge is 2.59. The van der Waals surface area contributed by atoms with Crippen molar-refractivity contribution in [1.29, 1.82) is 0 Å². The zero-order valence-electron chi connectivity index (χ0n) is 11.4. The zero-order chi connectivity index (χ0) is 17.6. The summed E-state index contributed by atoms with van der Waals surface area (Å²) in [6, 6.07) is 0. The van der Waals surface area contributed by atoms with Crippen LogP contribution in [0.3, 0.4) is 0 Å². The van der Waals surface area contributed by atoms with E-state index in [0.29, 0.717) is 12.8 Å². The number of aliphatic carboxylic acids is 1. The SMILES string of the molecule is O=C(O)C1C2CCC(O2)C1C(=O)OC(CF)C(F)(F)S(=O)(=O)O. The summed E-state index contributed by atoms with van der Waals surface area (Å²) < 4.78 is 78.4. The summed E-state index contributed by atoms with van der Waals surface area (Å²) in [6.07, 6.45) is -4.10. The molecule has 0 spiro atoms. The third-order valence-corrected chi connectivity index (χ3v) is 4.90. The number of hydrogen-bond acceptors (Lipinski definition) is 6. The molecule has 0 radical (unpaired) electrons. The van der Waals surface area contributed by atoms with Crippen molar-refractivity contribution in [3.05, 3.63) is 0 Å². The minimum atomic E-state index is -6.02. The predicted octanol–water partition coefficient (Wildman–Crippen LogP) is 0.226. The number of esters is 1. The first-order valence-electron chi connectivity index (χ1n) is 6.50. The molecule has 2 bridgehead atoms. The van der Waals surface area contributed by atoms with Crippen molar-refractivity contribution in [3.63, 3.8) is 0 Å². The number of carboxylic acids is 1. The standard InChI is InChI=1S/C11H13F3O8S/c12-3-6(11(13,14)23(18,19)20)22-10(17)8-5-2-1-4(21-5)7(8)9(15)16/h4-8H,1-3H2,(H,15,16)(H,18,19,20). The van der Waals surface area contributed by atoms with E-state index in [2.05, 4.69) is 4.74 Å². The van der Waals surface area contributed by atoms with Crippen molar-refractivity contribution in [3.8, 4) is 0 Å². The van der Waals surface area contributed by atoms with Gasteiger partial charge < -0.3 is 14.6 Å². The Labute approximate surface area is 128 Å². The second-order valence-electron chi connectivity index (χ2n) is 5.30. The fourth-order valence-electron chi connectivity index (χ4n) is 2.87. The minimum Gasteiger partial charge on any atom is -0.481 e. The topological polar surface area (TPSA) is 127 Å². The number of carbonyl (C=O) groups excluding carboxylic acids is 1. The molecule has 0 aromatic rings. The average molecular weight is 362 g/mol. The molecular weight excluding hydrogens is 349 g/mol. The highest BCUT2D eigenvalue weighted by molar-refractivity contribution is 7.86. The van der Waals surface area contributed by atoms with E-state index in [1.807, 2.05) is 0 Å². The van der Waals surface area contributed by atoms with E-state index in [9.17, 15) is 31.2 Å². The van der Waals surface area contributed by atoms with Gasteiger partial charge in [-0.3, -0.25) is 14.1 Å². The van der Waals surface area contributed by atoms with Crippen LogP contribution >= 0.6 is 0 Å². The fourth-order valence-corrected chi connectivity index (χ4v) is 3.31. The van der Waals surface area contributed by atoms with Gasteiger partial charge in [0.15, 0.2) is 0 Å². The lowest BCUT2D eigenvalue weighted by molar-refractivity contribution is -0.173. The number of carbonyl (C=O) groups is 2. The first-order chi connectivity index (χ1) is 10.5. The molecule has 0 aromatic heterocycles. The number of halogens is 3. The maximum absolute atomic E-state index is 13.4. The van der Waals surface area contributed by atoms with Gasteiger partial charge in [-0.2, -0.15) is 17.2 Å². The van der Waals surface area contributed by atoms with Crippen LogP contribution in [-0.2, 0) is 29.2 Å². The molecule has 5 atom stereocenters. The third kappa shape index (κ3) is 3.02. The molecule has 2 fully saturated rings. The predicted molar refractivity (Wildman–Crippen MR) is 64.9 cm³/mol. The van der Waals surface area contributed by atoms with Gasteiger partial charge in [0.2, 0.25) is 6.10 Å². The Balaban J connectivity index is 2.19. The highest BCUT2D eigenvalue weighted by Crippen LogP contribution is 2.44. The van der Waals surface area contributed by atoms with Crippen LogP contribution in [0, 0.1) is 11.8 Å². The Morgan fingerprint density at radius 2 is 1.78 bits per heavy atom. The molecular formula is C11H13F3O8S. The second kappa shape index (κ2) is 5.91. The lowest BCUT2D eigenvalue weighted by Gasteiger charge is -2.27. The zero-order valence-corrected chi connectivity index (χ0v) is 12.2. The number of rotatable bonds is 6. The van der Waals surface area contributed by atoms with Gasteiger partial charge in [0, 0.05) is 0 Å². The van der Waals surface area contributed by atoms with Crippen molar-refractivity contribution in [2.45, 2.75) is 36.4 Å². The van der Waals surface area contributed by atoms with Gasteiger partial charge in [0.25, 0.3) is 0 Å². The molecule has 2 N–H and O–H groups in total. The molecule has 2 aliphatic heterocycles. The monoisotopic (exact) mass is 362 g/mol. The lowest BCUT2D eigenvalue weighted by atomic mass is 9.79. The summed E-state index contributed by atoms with van der Waals surface area (Å²) in [5.74, 6) is -5.70. The Hall–Kier alpha value is -1.40. The third-order valence-electron chi connectivity index (χ3n) is 3.95. The van der Waals surface area contributed by atoms with Crippen LogP contribution < -0.4 is 0 Å². The first kappa shape index (κ1) is 17.9. The van der Waals surface area contributed by atoms with Crippen molar-refractivity contribution < 1.29 is 50.3 Å². The van der Waals surface area contributed by atoms with Crippen LogP contribution in [0.25, 0.3) is 0 Å². The maximum Gasteiger partial charge on any atom is 0.408 e. The molecule has 132 valence electrons. The smallest absolute Gasteiger partial charge is 0.408 e. The van der Waals surface area contributed by atoms with E-state index in [4.69, 9.17) is 14.4 Å². The fraction of sp³-hybridized carbons (Fsp3) is 0.818. The summed E-state index contributed by atoms with van der Waals surface area (Å²) in [5.41, 5.74) is 0. The molecule has 0 aromatic carbocycles. The van der Waals surface area contributed by atoms with Gasteiger partial charge in [-0.05, 0) is 12.8 Å². The number of ether oxygens (including phenoxy) is 2. The van der Waals surface area contributed by atoms with E-state index in [0.717, 1.165) is 0 Å². The van der Waals surface area contributed by atoms with Crippen LogP contribution in [0.5, 0.6) is 0 Å².